The number of rotatable bonds is 8. The minimum atomic E-state index is 0.430. The summed E-state index contributed by atoms with van der Waals surface area (Å²) in [6, 6.07) is 31.6. The summed E-state index contributed by atoms with van der Waals surface area (Å²) in [6.45, 7) is 6.13. The molecular weight excluding hydrogens is 644 g/mol. The maximum absolute atomic E-state index is 7.24. The summed E-state index contributed by atoms with van der Waals surface area (Å²) in [4.78, 5) is 8.54. The number of nitrogens with one attached hydrogen (secondary N) is 1. The minimum absolute atomic E-state index is 0.430. The summed E-state index contributed by atoms with van der Waals surface area (Å²) in [5, 5.41) is 10.9. The van der Waals surface area contributed by atoms with Gasteiger partial charge in [0.1, 0.15) is 4.98 Å². The topological polar surface area (TPSA) is 103 Å². The molecule has 0 amide bonds. The Hall–Kier alpha value is -4.12. The van der Waals surface area contributed by atoms with Crippen molar-refractivity contribution < 1.29 is 0 Å². The van der Waals surface area contributed by atoms with Crippen LogP contribution in [0, 0.1) is 10.2 Å². The Labute approximate surface area is 289 Å². The lowest BCUT2D eigenvalue weighted by molar-refractivity contribution is 0.305. The molecule has 0 spiro atoms. The van der Waals surface area contributed by atoms with E-state index in [9.17, 15) is 0 Å². The standard InChI is InChI=1S/C20H23N3.C19H24N2.CBrN/c1-2-5-14-8-9-17-13-23(20(21)22-19(17)10-14)18-11-15-6-3-4-7-16(15)12-18;1-2-5-14-8-9-17(19(20)10-14)13-21-18-11-15-6-3-4-7-16(15)12-18;2-1-3/h3-4,6-10,18H,2,5,11-13H2,1H3,(H2,21,22);3-4,6-10,18,21H,2,5,11-13,20H2,1H3;. The number of fused-ring (bicyclic) bond motifs is 3. The van der Waals surface area contributed by atoms with Gasteiger partial charge in [-0.2, -0.15) is 5.26 Å². The molecule has 5 N–H and O–H groups in total. The Morgan fingerprint density at radius 3 is 1.87 bits per heavy atom. The second-order valence-electron chi connectivity index (χ2n) is 12.8. The number of halogens is 1. The normalized spacial score (nSPS) is 14.9. The second-order valence-corrected chi connectivity index (χ2v) is 13.1. The molecule has 1 aliphatic heterocycles. The van der Waals surface area contributed by atoms with E-state index in [1.54, 1.807) is 4.98 Å². The van der Waals surface area contributed by atoms with E-state index in [0.717, 1.165) is 75.8 Å². The fraction of sp³-hybridized carbons (Fsp3) is 0.350. The third-order valence-electron chi connectivity index (χ3n) is 9.41. The number of benzene rings is 4. The predicted octanol–water partition coefficient (Wildman–Crippen LogP) is 7.91. The lowest BCUT2D eigenvalue weighted by atomic mass is 10.0. The highest BCUT2D eigenvalue weighted by Crippen LogP contribution is 2.32. The fourth-order valence-corrected chi connectivity index (χ4v) is 7.02. The number of nitriles is 1. The van der Waals surface area contributed by atoms with Gasteiger partial charge in [-0.3, -0.25) is 0 Å². The maximum Gasteiger partial charge on any atom is 0.197 e. The molecule has 0 saturated heterocycles. The van der Waals surface area contributed by atoms with Crippen LogP contribution in [0.25, 0.3) is 0 Å². The van der Waals surface area contributed by atoms with Crippen LogP contribution in [0.1, 0.15) is 71.2 Å². The van der Waals surface area contributed by atoms with Gasteiger partial charge in [-0.25, -0.2) is 4.99 Å². The quantitative estimate of drug-likeness (QED) is 0.163. The average molecular weight is 692 g/mol. The molecule has 2 aliphatic carbocycles. The Kier molecular flexibility index (Phi) is 12.1. The number of aryl methyl sites for hydroxylation is 2. The van der Waals surface area contributed by atoms with E-state index >= 15 is 0 Å². The molecule has 0 fully saturated rings. The largest absolute Gasteiger partial charge is 0.398 e. The SMILES string of the molecule is CCCc1ccc(CNC2Cc3ccccc3C2)c(N)c1.CCCc1ccc2c(c1)N=C(N)N(C1Cc3ccccc3C1)C2.N#CBr. The molecular formula is C40H47BrN6. The van der Waals surface area contributed by atoms with Gasteiger partial charge in [0.2, 0.25) is 0 Å². The highest BCUT2D eigenvalue weighted by atomic mass is 79.9. The van der Waals surface area contributed by atoms with Crippen molar-refractivity contribution in [2.45, 2.75) is 90.4 Å². The van der Waals surface area contributed by atoms with Crippen molar-refractivity contribution in [2.24, 2.45) is 10.7 Å². The monoisotopic (exact) mass is 690 g/mol. The van der Waals surface area contributed by atoms with Crippen LogP contribution >= 0.6 is 15.9 Å². The van der Waals surface area contributed by atoms with E-state index in [4.69, 9.17) is 21.7 Å². The van der Waals surface area contributed by atoms with E-state index in [0.29, 0.717) is 18.0 Å². The third kappa shape index (κ3) is 8.82. The molecule has 4 aromatic carbocycles. The van der Waals surface area contributed by atoms with Gasteiger partial charge in [0, 0.05) is 46.8 Å². The molecule has 0 radical (unpaired) electrons. The van der Waals surface area contributed by atoms with Crippen LogP contribution in [0.15, 0.2) is 89.9 Å². The fourth-order valence-electron chi connectivity index (χ4n) is 7.02. The first kappa shape index (κ1) is 34.2. The average Bonchev–Trinajstić information content (AvgIpc) is 3.69. The van der Waals surface area contributed by atoms with Crippen LogP contribution in [-0.2, 0) is 51.6 Å². The summed E-state index contributed by atoms with van der Waals surface area (Å²) in [5.74, 6) is 0.670. The summed E-state index contributed by atoms with van der Waals surface area (Å²) >= 11 is 2.45. The number of nitrogens with zero attached hydrogens (tertiary/aromatic N) is 3. The Morgan fingerprint density at radius 1 is 0.787 bits per heavy atom. The molecule has 6 nitrogen and oxygen atoms in total. The van der Waals surface area contributed by atoms with Crippen molar-refractivity contribution in [1.82, 2.24) is 10.2 Å². The first-order chi connectivity index (χ1) is 22.9. The zero-order valence-corrected chi connectivity index (χ0v) is 29.3. The van der Waals surface area contributed by atoms with Gasteiger partial charge in [0.25, 0.3) is 0 Å². The second kappa shape index (κ2) is 16.6. The maximum atomic E-state index is 7.24. The van der Waals surface area contributed by atoms with Crippen molar-refractivity contribution in [3.8, 4) is 4.98 Å². The highest BCUT2D eigenvalue weighted by Gasteiger charge is 2.30. The van der Waals surface area contributed by atoms with Crippen LogP contribution in [0.2, 0.25) is 0 Å². The van der Waals surface area contributed by atoms with E-state index in [1.165, 1.54) is 44.5 Å². The van der Waals surface area contributed by atoms with Crippen molar-refractivity contribution >= 4 is 33.3 Å². The van der Waals surface area contributed by atoms with Crippen LogP contribution in [0.4, 0.5) is 11.4 Å². The number of hydrogen-bond acceptors (Lipinski definition) is 6. The molecule has 0 bridgehead atoms. The molecule has 1 heterocycles. The highest BCUT2D eigenvalue weighted by molar-refractivity contribution is 9.12. The molecule has 0 atom stereocenters. The molecule has 244 valence electrons. The van der Waals surface area contributed by atoms with Crippen LogP contribution in [-0.4, -0.2) is 22.9 Å². The molecule has 7 rings (SSSR count). The molecule has 4 aromatic rings. The van der Waals surface area contributed by atoms with E-state index in [1.807, 2.05) is 0 Å². The third-order valence-corrected chi connectivity index (χ3v) is 9.41. The lowest BCUT2D eigenvalue weighted by Gasteiger charge is -2.33. The lowest BCUT2D eigenvalue weighted by Crippen LogP contribution is -2.46. The minimum Gasteiger partial charge on any atom is -0.398 e. The van der Waals surface area contributed by atoms with Crippen LogP contribution in [0.3, 0.4) is 0 Å². The molecule has 0 saturated carbocycles. The van der Waals surface area contributed by atoms with E-state index in [2.05, 4.69) is 125 Å². The first-order valence-electron chi connectivity index (χ1n) is 16.9. The van der Waals surface area contributed by atoms with E-state index in [-0.39, 0.29) is 0 Å². The van der Waals surface area contributed by atoms with Gasteiger partial charge >= 0.3 is 0 Å². The van der Waals surface area contributed by atoms with Gasteiger partial charge in [-0.15, -0.1) is 0 Å². The molecule has 7 heteroatoms. The van der Waals surface area contributed by atoms with Crippen LogP contribution < -0.4 is 16.8 Å². The van der Waals surface area contributed by atoms with Gasteiger partial charge < -0.3 is 21.7 Å². The Morgan fingerprint density at radius 2 is 1.32 bits per heavy atom. The Bertz CT molecular complexity index is 1670. The summed E-state index contributed by atoms with van der Waals surface area (Å²) in [6.07, 6.45) is 8.92. The molecule has 0 aromatic heterocycles. The summed E-state index contributed by atoms with van der Waals surface area (Å²) in [7, 11) is 0. The molecule has 47 heavy (non-hydrogen) atoms. The number of aliphatic imine (C=N–C) groups is 1. The van der Waals surface area contributed by atoms with Gasteiger partial charge in [-0.05, 0) is 95.2 Å². The zero-order valence-electron chi connectivity index (χ0n) is 27.7. The Balaban J connectivity index is 0.000000171. The smallest absolute Gasteiger partial charge is 0.197 e. The summed E-state index contributed by atoms with van der Waals surface area (Å²) in [5.41, 5.74) is 25.5. The number of anilines is 1. The summed E-state index contributed by atoms with van der Waals surface area (Å²) < 4.78 is 0. The number of guanidine groups is 1. The van der Waals surface area contributed by atoms with Gasteiger partial charge in [0.05, 0.1) is 5.69 Å². The predicted molar refractivity (Wildman–Crippen MR) is 199 cm³/mol. The first-order valence-corrected chi connectivity index (χ1v) is 17.7. The van der Waals surface area contributed by atoms with Crippen molar-refractivity contribution in [1.29, 1.82) is 5.26 Å². The molecule has 0 unspecified atom stereocenters. The van der Waals surface area contributed by atoms with Crippen molar-refractivity contribution in [3.05, 3.63) is 129 Å². The number of hydrogen-bond donors (Lipinski definition) is 3. The van der Waals surface area contributed by atoms with Crippen LogP contribution in [0.5, 0.6) is 0 Å². The van der Waals surface area contributed by atoms with E-state index < -0.39 is 0 Å². The van der Waals surface area contributed by atoms with Crippen molar-refractivity contribution in [2.75, 3.05) is 5.73 Å². The number of nitrogens with two attached hydrogens (primary N) is 2. The van der Waals surface area contributed by atoms with Gasteiger partial charge in [-0.1, -0.05) is 99.5 Å². The van der Waals surface area contributed by atoms with Gasteiger partial charge in [0.15, 0.2) is 5.96 Å². The van der Waals surface area contributed by atoms with Crippen molar-refractivity contribution in [3.63, 3.8) is 0 Å². The molecule has 3 aliphatic rings. The zero-order chi connectivity index (χ0) is 33.2. The number of nitrogen functional groups attached to an aromatic ring is 1.